The van der Waals surface area contributed by atoms with Gasteiger partial charge < -0.3 is 5.32 Å². The first-order valence-electron chi connectivity index (χ1n) is 11.0. The molecule has 0 bridgehead atoms. The van der Waals surface area contributed by atoms with Crippen molar-refractivity contribution in [3.05, 3.63) is 64.7 Å². The molecule has 0 amide bonds. The first-order valence-corrected chi connectivity index (χ1v) is 14.6. The van der Waals surface area contributed by atoms with Crippen molar-refractivity contribution in [3.8, 4) is 0 Å². The maximum Gasteiger partial charge on any atom is 0.243 e. The molecule has 0 spiro atoms. The van der Waals surface area contributed by atoms with Gasteiger partial charge in [-0.1, -0.05) is 77.9 Å². The molecule has 1 aliphatic rings. The number of rotatable bonds is 9. The van der Waals surface area contributed by atoms with E-state index in [4.69, 9.17) is 11.6 Å². The van der Waals surface area contributed by atoms with Gasteiger partial charge in [-0.3, -0.25) is 4.79 Å². The number of halogens is 1. The number of carbonyl (C=O) groups excluding carboxylic acids is 1. The number of carbonyl (C=O) groups is 1. The Morgan fingerprint density at radius 2 is 1.82 bits per heavy atom. The predicted octanol–water partition coefficient (Wildman–Crippen LogP) is 5.34. The van der Waals surface area contributed by atoms with Crippen LogP contribution in [-0.4, -0.2) is 48.3 Å². The highest BCUT2D eigenvalue weighted by Gasteiger charge is 2.25. The highest BCUT2D eigenvalue weighted by Crippen LogP contribution is 2.30. The zero-order valence-corrected chi connectivity index (χ0v) is 21.7. The van der Waals surface area contributed by atoms with E-state index < -0.39 is 10.0 Å². The molecular weight excluding hydrogens is 512 g/mol. The lowest BCUT2D eigenvalue weighted by Gasteiger charge is -2.20. The summed E-state index contributed by atoms with van der Waals surface area (Å²) in [4.78, 5) is 12.9. The molecule has 2 heterocycles. The van der Waals surface area contributed by atoms with Crippen LogP contribution in [0.4, 0.5) is 5.13 Å². The van der Waals surface area contributed by atoms with E-state index in [-0.39, 0.29) is 17.2 Å². The summed E-state index contributed by atoms with van der Waals surface area (Å²) in [5.74, 6) is 0.458. The fraction of sp³-hybridized carbons (Fsp3) is 0.348. The van der Waals surface area contributed by atoms with E-state index in [1.807, 2.05) is 24.3 Å². The van der Waals surface area contributed by atoms with Crippen molar-refractivity contribution in [3.63, 3.8) is 0 Å². The average molecular weight is 537 g/mol. The number of sulfonamides is 1. The number of hydrogen-bond acceptors (Lipinski definition) is 8. The Bertz CT molecular complexity index is 1240. The van der Waals surface area contributed by atoms with Crippen molar-refractivity contribution in [2.45, 2.75) is 40.7 Å². The number of nitrogens with one attached hydrogen (secondary N) is 1. The molecule has 0 atom stereocenters. The molecule has 0 radical (unpaired) electrons. The number of anilines is 1. The summed E-state index contributed by atoms with van der Waals surface area (Å²) in [5, 5.41) is 12.5. The van der Waals surface area contributed by atoms with Crippen LogP contribution >= 0.6 is 34.7 Å². The third-order valence-electron chi connectivity index (χ3n) is 5.47. The van der Waals surface area contributed by atoms with Gasteiger partial charge in [0, 0.05) is 29.4 Å². The van der Waals surface area contributed by atoms with E-state index in [1.165, 1.54) is 33.5 Å². The molecular formula is C23H25ClN4O3S3. The number of nitrogens with zero attached hydrogens (tertiary/aromatic N) is 3. The first-order chi connectivity index (χ1) is 16.4. The number of Topliss-reactive ketones (excluding diaryl/α,β-unsaturated/α-hetero) is 1. The van der Waals surface area contributed by atoms with Gasteiger partial charge in [0.15, 0.2) is 10.1 Å². The molecule has 180 valence electrons. The van der Waals surface area contributed by atoms with E-state index in [0.717, 1.165) is 35.6 Å². The van der Waals surface area contributed by atoms with Crippen LogP contribution < -0.4 is 5.32 Å². The maximum absolute atomic E-state index is 13.1. The molecule has 4 rings (SSSR count). The molecule has 1 saturated heterocycles. The van der Waals surface area contributed by atoms with Gasteiger partial charge in [-0.25, -0.2) is 8.42 Å². The third kappa shape index (κ3) is 6.37. The minimum atomic E-state index is -3.61. The second-order valence-electron chi connectivity index (χ2n) is 7.88. The molecule has 1 aromatic heterocycles. The highest BCUT2D eigenvalue weighted by atomic mass is 35.5. The zero-order valence-electron chi connectivity index (χ0n) is 18.4. The minimum Gasteiger partial charge on any atom is -0.353 e. The fourth-order valence-electron chi connectivity index (χ4n) is 3.61. The van der Waals surface area contributed by atoms with Crippen molar-refractivity contribution in [1.82, 2.24) is 14.5 Å². The standard InChI is InChI=1S/C23H25ClN4O3S3/c24-20-11-4-3-8-18(20)16-32-23-27-26-22(33-23)25-15-21(29)17-9-7-10-19(14-17)34(30,31)28-12-5-1-2-6-13-28/h3-4,7-11,14H,1-2,5-6,12-13,15-16H2,(H,25,26). The number of ketones is 1. The molecule has 2 aromatic carbocycles. The summed E-state index contributed by atoms with van der Waals surface area (Å²) >= 11 is 9.07. The Balaban J connectivity index is 1.35. The van der Waals surface area contributed by atoms with Crippen LogP contribution in [0.1, 0.15) is 41.6 Å². The summed E-state index contributed by atoms with van der Waals surface area (Å²) in [5.41, 5.74) is 1.37. The number of hydrogen-bond donors (Lipinski definition) is 1. The van der Waals surface area contributed by atoms with Gasteiger partial charge in [0.05, 0.1) is 11.4 Å². The SMILES string of the molecule is O=C(CNc1nnc(SCc2ccccc2Cl)s1)c1cccc(S(=O)(=O)N2CCCCCC2)c1. The van der Waals surface area contributed by atoms with Crippen molar-refractivity contribution >= 4 is 55.6 Å². The summed E-state index contributed by atoms with van der Waals surface area (Å²) in [6, 6.07) is 13.9. The smallest absolute Gasteiger partial charge is 0.243 e. The van der Waals surface area contributed by atoms with Gasteiger partial charge in [-0.15, -0.1) is 10.2 Å². The normalized spacial score (nSPS) is 15.1. The Labute approximate surface area is 213 Å². The van der Waals surface area contributed by atoms with Crippen LogP contribution in [0.2, 0.25) is 5.02 Å². The summed E-state index contributed by atoms with van der Waals surface area (Å²) in [6.07, 6.45) is 3.81. The van der Waals surface area contributed by atoms with Crippen LogP contribution in [0.15, 0.2) is 57.8 Å². The zero-order chi connectivity index (χ0) is 24.0. The number of aromatic nitrogens is 2. The molecule has 0 aliphatic carbocycles. The largest absolute Gasteiger partial charge is 0.353 e. The molecule has 34 heavy (non-hydrogen) atoms. The quantitative estimate of drug-likeness (QED) is 0.291. The Kier molecular flexibility index (Phi) is 8.60. The summed E-state index contributed by atoms with van der Waals surface area (Å²) < 4.78 is 28.4. The van der Waals surface area contributed by atoms with Crippen molar-refractivity contribution in [1.29, 1.82) is 0 Å². The van der Waals surface area contributed by atoms with E-state index in [1.54, 1.807) is 18.2 Å². The van der Waals surface area contributed by atoms with Crippen LogP contribution in [0.3, 0.4) is 0 Å². The van der Waals surface area contributed by atoms with Crippen LogP contribution in [0, 0.1) is 0 Å². The van der Waals surface area contributed by atoms with E-state index in [9.17, 15) is 13.2 Å². The van der Waals surface area contributed by atoms with Gasteiger partial charge in [0.2, 0.25) is 15.2 Å². The van der Waals surface area contributed by atoms with E-state index >= 15 is 0 Å². The van der Waals surface area contributed by atoms with Crippen LogP contribution in [0.25, 0.3) is 0 Å². The second-order valence-corrected chi connectivity index (χ2v) is 12.4. The molecule has 1 fully saturated rings. The van der Waals surface area contributed by atoms with Gasteiger partial charge in [-0.05, 0) is 36.6 Å². The predicted molar refractivity (Wildman–Crippen MR) is 137 cm³/mol. The van der Waals surface area contributed by atoms with Crippen molar-refractivity contribution in [2.75, 3.05) is 25.0 Å². The topological polar surface area (TPSA) is 92.3 Å². The molecule has 1 N–H and O–H groups in total. The molecule has 0 saturated carbocycles. The third-order valence-corrected chi connectivity index (χ3v) is 9.80. The number of benzene rings is 2. The van der Waals surface area contributed by atoms with Gasteiger partial charge in [0.1, 0.15) is 0 Å². The van der Waals surface area contributed by atoms with Crippen LogP contribution in [0.5, 0.6) is 0 Å². The lowest BCUT2D eigenvalue weighted by Crippen LogP contribution is -2.32. The van der Waals surface area contributed by atoms with Gasteiger partial charge in [0.25, 0.3) is 0 Å². The lowest BCUT2D eigenvalue weighted by atomic mass is 10.1. The fourth-order valence-corrected chi connectivity index (χ4v) is 7.21. The van der Waals surface area contributed by atoms with Crippen LogP contribution in [-0.2, 0) is 15.8 Å². The number of thioether (sulfide) groups is 1. The highest BCUT2D eigenvalue weighted by molar-refractivity contribution is 8.00. The monoisotopic (exact) mass is 536 g/mol. The molecule has 1 aliphatic heterocycles. The van der Waals surface area contributed by atoms with E-state index in [2.05, 4.69) is 15.5 Å². The molecule has 7 nitrogen and oxygen atoms in total. The maximum atomic E-state index is 13.1. The van der Waals surface area contributed by atoms with Gasteiger partial charge in [-0.2, -0.15) is 4.31 Å². The summed E-state index contributed by atoms with van der Waals surface area (Å²) in [6.45, 7) is 1.04. The van der Waals surface area contributed by atoms with Gasteiger partial charge >= 0.3 is 0 Å². The molecule has 0 unspecified atom stereocenters. The second kappa shape index (κ2) is 11.6. The Morgan fingerprint density at radius 1 is 1.06 bits per heavy atom. The summed E-state index contributed by atoms with van der Waals surface area (Å²) in [7, 11) is -3.61. The molecule has 3 aromatic rings. The first kappa shape index (κ1) is 25.1. The lowest BCUT2D eigenvalue weighted by molar-refractivity contribution is 0.101. The van der Waals surface area contributed by atoms with Crippen molar-refractivity contribution < 1.29 is 13.2 Å². The minimum absolute atomic E-state index is 0.00295. The molecule has 11 heteroatoms. The van der Waals surface area contributed by atoms with Crippen molar-refractivity contribution in [2.24, 2.45) is 0 Å². The van der Waals surface area contributed by atoms with E-state index in [0.29, 0.717) is 34.6 Å². The Hall–Kier alpha value is -1.98. The Morgan fingerprint density at radius 3 is 2.59 bits per heavy atom. The average Bonchev–Trinajstić information content (AvgIpc) is 3.11.